The van der Waals surface area contributed by atoms with Crippen LogP contribution in [-0.4, -0.2) is 32.7 Å². The van der Waals surface area contributed by atoms with Crippen LogP contribution in [-0.2, 0) is 4.74 Å². The Labute approximate surface area is 141 Å². The lowest BCUT2D eigenvalue weighted by Gasteiger charge is -2.06. The van der Waals surface area contributed by atoms with E-state index in [0.717, 1.165) is 16.9 Å². The average Bonchev–Trinajstić information content (AvgIpc) is 2.77. The van der Waals surface area contributed by atoms with Crippen molar-refractivity contribution in [1.82, 2.24) is 0 Å². The number of methoxy groups -OCH3 is 1. The maximum atomic E-state index is 12.7. The number of benzene rings is 2. The predicted molar refractivity (Wildman–Crippen MR) is 92.7 cm³/mol. The molecule has 124 valence electrons. The first-order valence-electron chi connectivity index (χ1n) is 7.97. The summed E-state index contributed by atoms with van der Waals surface area (Å²) in [4.78, 5) is 12.7. The van der Waals surface area contributed by atoms with Crippen LogP contribution in [0.15, 0.2) is 54.1 Å². The molecule has 0 saturated carbocycles. The van der Waals surface area contributed by atoms with Gasteiger partial charge in [-0.1, -0.05) is 24.3 Å². The van der Waals surface area contributed by atoms with E-state index in [2.05, 4.69) is 0 Å². The molecule has 0 aromatic heterocycles. The SMILES string of the molecule is COCCOc1ccc(C=C2CCOc3ccccc3C2=O)cc1. The van der Waals surface area contributed by atoms with Gasteiger partial charge in [0.25, 0.3) is 0 Å². The van der Waals surface area contributed by atoms with Crippen LogP contribution in [0.3, 0.4) is 0 Å². The number of rotatable bonds is 5. The molecule has 3 rings (SSSR count). The zero-order valence-corrected chi connectivity index (χ0v) is 13.7. The second-order valence-corrected chi connectivity index (χ2v) is 5.50. The van der Waals surface area contributed by atoms with E-state index >= 15 is 0 Å². The molecule has 4 heteroatoms. The Morgan fingerprint density at radius 2 is 1.88 bits per heavy atom. The summed E-state index contributed by atoms with van der Waals surface area (Å²) in [7, 11) is 1.64. The van der Waals surface area contributed by atoms with E-state index in [0.29, 0.717) is 37.6 Å². The first-order valence-corrected chi connectivity index (χ1v) is 7.97. The fraction of sp³-hybridized carbons (Fsp3) is 0.250. The number of fused-ring (bicyclic) bond motifs is 1. The van der Waals surface area contributed by atoms with Gasteiger partial charge in [0.2, 0.25) is 0 Å². The van der Waals surface area contributed by atoms with Crippen molar-refractivity contribution in [3.05, 3.63) is 65.2 Å². The van der Waals surface area contributed by atoms with Gasteiger partial charge < -0.3 is 14.2 Å². The number of hydrogen-bond donors (Lipinski definition) is 0. The Morgan fingerprint density at radius 3 is 2.67 bits per heavy atom. The normalized spacial score (nSPS) is 15.5. The molecular formula is C20H20O4. The van der Waals surface area contributed by atoms with Crippen molar-refractivity contribution in [2.24, 2.45) is 0 Å². The number of hydrogen-bond acceptors (Lipinski definition) is 4. The van der Waals surface area contributed by atoms with Crippen molar-refractivity contribution in [3.8, 4) is 11.5 Å². The summed E-state index contributed by atoms with van der Waals surface area (Å²) in [6.45, 7) is 1.58. The van der Waals surface area contributed by atoms with Crippen LogP contribution >= 0.6 is 0 Å². The maximum absolute atomic E-state index is 12.7. The van der Waals surface area contributed by atoms with E-state index in [1.54, 1.807) is 7.11 Å². The Hall–Kier alpha value is -2.59. The summed E-state index contributed by atoms with van der Waals surface area (Å²) in [5, 5.41) is 0. The number of carbonyl (C=O) groups excluding carboxylic acids is 1. The van der Waals surface area contributed by atoms with E-state index in [1.165, 1.54) is 0 Å². The molecular weight excluding hydrogens is 304 g/mol. The van der Waals surface area contributed by atoms with Crippen molar-refractivity contribution in [3.63, 3.8) is 0 Å². The molecule has 2 aromatic rings. The van der Waals surface area contributed by atoms with Gasteiger partial charge in [-0.3, -0.25) is 4.79 Å². The van der Waals surface area contributed by atoms with Crippen LogP contribution in [0.4, 0.5) is 0 Å². The van der Waals surface area contributed by atoms with Crippen molar-refractivity contribution >= 4 is 11.9 Å². The molecule has 1 aliphatic heterocycles. The van der Waals surface area contributed by atoms with Crippen molar-refractivity contribution in [2.45, 2.75) is 6.42 Å². The molecule has 0 aliphatic carbocycles. The molecule has 0 bridgehead atoms. The highest BCUT2D eigenvalue weighted by Crippen LogP contribution is 2.27. The van der Waals surface area contributed by atoms with Gasteiger partial charge in [-0.2, -0.15) is 0 Å². The second kappa shape index (κ2) is 7.79. The number of Topliss-reactive ketones (excluding diaryl/α,β-unsaturated/α-hetero) is 1. The zero-order chi connectivity index (χ0) is 16.8. The summed E-state index contributed by atoms with van der Waals surface area (Å²) in [6, 6.07) is 15.1. The quantitative estimate of drug-likeness (QED) is 0.620. The minimum Gasteiger partial charge on any atom is -0.492 e. The molecule has 24 heavy (non-hydrogen) atoms. The molecule has 0 radical (unpaired) electrons. The number of para-hydroxylation sites is 1. The first-order chi connectivity index (χ1) is 11.8. The number of ketones is 1. The lowest BCUT2D eigenvalue weighted by atomic mass is 9.99. The monoisotopic (exact) mass is 324 g/mol. The van der Waals surface area contributed by atoms with Gasteiger partial charge in [0.15, 0.2) is 5.78 Å². The number of ether oxygens (including phenoxy) is 3. The van der Waals surface area contributed by atoms with Crippen LogP contribution in [0.5, 0.6) is 11.5 Å². The summed E-state index contributed by atoms with van der Waals surface area (Å²) in [5.74, 6) is 1.48. The van der Waals surface area contributed by atoms with Gasteiger partial charge in [-0.05, 0) is 35.9 Å². The Morgan fingerprint density at radius 1 is 1.08 bits per heavy atom. The fourth-order valence-electron chi connectivity index (χ4n) is 2.58. The molecule has 0 atom stereocenters. The molecule has 0 saturated heterocycles. The van der Waals surface area contributed by atoms with Crippen LogP contribution < -0.4 is 9.47 Å². The Kier molecular flexibility index (Phi) is 5.29. The fourth-order valence-corrected chi connectivity index (χ4v) is 2.58. The maximum Gasteiger partial charge on any atom is 0.192 e. The van der Waals surface area contributed by atoms with E-state index < -0.39 is 0 Å². The highest BCUT2D eigenvalue weighted by molar-refractivity contribution is 6.13. The lowest BCUT2D eigenvalue weighted by molar-refractivity contribution is 0.103. The molecule has 0 spiro atoms. The average molecular weight is 324 g/mol. The van der Waals surface area contributed by atoms with Crippen molar-refractivity contribution < 1.29 is 19.0 Å². The standard InChI is InChI=1S/C20H20O4/c1-22-12-13-23-17-8-6-15(7-9-17)14-16-10-11-24-19-5-3-2-4-18(19)20(16)21/h2-9,14H,10-13H2,1H3. The molecule has 2 aromatic carbocycles. The third-order valence-electron chi connectivity index (χ3n) is 3.83. The van der Waals surface area contributed by atoms with Gasteiger partial charge in [0.1, 0.15) is 18.1 Å². The highest BCUT2D eigenvalue weighted by Gasteiger charge is 2.20. The van der Waals surface area contributed by atoms with Crippen LogP contribution in [0, 0.1) is 0 Å². The van der Waals surface area contributed by atoms with E-state index in [4.69, 9.17) is 14.2 Å². The van der Waals surface area contributed by atoms with Gasteiger partial charge in [-0.15, -0.1) is 0 Å². The first kappa shape index (κ1) is 16.3. The minimum atomic E-state index is 0.0310. The van der Waals surface area contributed by atoms with Gasteiger partial charge in [0, 0.05) is 19.1 Å². The van der Waals surface area contributed by atoms with E-state index in [-0.39, 0.29) is 5.78 Å². The smallest absolute Gasteiger partial charge is 0.192 e. The van der Waals surface area contributed by atoms with E-state index in [9.17, 15) is 4.79 Å². The van der Waals surface area contributed by atoms with Crippen LogP contribution in [0.2, 0.25) is 0 Å². The second-order valence-electron chi connectivity index (χ2n) is 5.50. The predicted octanol–water partition coefficient (Wildman–Crippen LogP) is 3.76. The third kappa shape index (κ3) is 3.84. The Balaban J connectivity index is 1.77. The molecule has 0 amide bonds. The summed E-state index contributed by atoms with van der Waals surface area (Å²) in [5.41, 5.74) is 2.35. The summed E-state index contributed by atoms with van der Waals surface area (Å²) >= 11 is 0. The highest BCUT2D eigenvalue weighted by atomic mass is 16.5. The van der Waals surface area contributed by atoms with Crippen molar-refractivity contribution in [2.75, 3.05) is 26.9 Å². The minimum absolute atomic E-state index is 0.0310. The lowest BCUT2D eigenvalue weighted by Crippen LogP contribution is -2.04. The zero-order valence-electron chi connectivity index (χ0n) is 13.7. The van der Waals surface area contributed by atoms with Crippen LogP contribution in [0.25, 0.3) is 6.08 Å². The van der Waals surface area contributed by atoms with E-state index in [1.807, 2.05) is 54.6 Å². The largest absolute Gasteiger partial charge is 0.492 e. The molecule has 0 fully saturated rings. The Bertz CT molecular complexity index is 732. The number of carbonyl (C=O) groups is 1. The van der Waals surface area contributed by atoms with Gasteiger partial charge in [0.05, 0.1) is 18.8 Å². The molecule has 1 aliphatic rings. The van der Waals surface area contributed by atoms with Crippen LogP contribution in [0.1, 0.15) is 22.3 Å². The van der Waals surface area contributed by atoms with Gasteiger partial charge >= 0.3 is 0 Å². The molecule has 4 nitrogen and oxygen atoms in total. The molecule has 0 unspecified atom stereocenters. The third-order valence-corrected chi connectivity index (χ3v) is 3.83. The van der Waals surface area contributed by atoms with Gasteiger partial charge in [-0.25, -0.2) is 0 Å². The molecule has 1 heterocycles. The summed E-state index contributed by atoms with van der Waals surface area (Å²) in [6.07, 6.45) is 2.52. The van der Waals surface area contributed by atoms with Crippen molar-refractivity contribution in [1.29, 1.82) is 0 Å². The topological polar surface area (TPSA) is 44.8 Å². The summed E-state index contributed by atoms with van der Waals surface area (Å²) < 4.78 is 16.2. The molecule has 0 N–H and O–H groups in total.